The SMILES string of the molecule is N#Cc1ccc(OCC2CCCN2)cc1Cl. The van der Waals surface area contributed by atoms with Gasteiger partial charge in [-0.05, 0) is 31.5 Å². The molecule has 3 nitrogen and oxygen atoms in total. The van der Waals surface area contributed by atoms with Gasteiger partial charge in [-0.15, -0.1) is 0 Å². The maximum Gasteiger partial charge on any atom is 0.120 e. The van der Waals surface area contributed by atoms with E-state index in [1.54, 1.807) is 18.2 Å². The molecule has 1 aromatic rings. The summed E-state index contributed by atoms with van der Waals surface area (Å²) in [5.41, 5.74) is 0.480. The van der Waals surface area contributed by atoms with Gasteiger partial charge in [0, 0.05) is 12.1 Å². The third kappa shape index (κ3) is 2.66. The normalized spacial score (nSPS) is 19.4. The van der Waals surface area contributed by atoms with Crippen molar-refractivity contribution in [3.8, 4) is 11.8 Å². The average Bonchev–Trinajstić information content (AvgIpc) is 2.79. The Labute approximate surface area is 100.0 Å². The number of ether oxygens (including phenoxy) is 1. The Morgan fingerprint density at radius 1 is 1.56 bits per heavy atom. The van der Waals surface area contributed by atoms with Gasteiger partial charge in [0.15, 0.2) is 0 Å². The first-order valence-electron chi connectivity index (χ1n) is 5.35. The van der Waals surface area contributed by atoms with Gasteiger partial charge in [-0.2, -0.15) is 5.26 Å². The lowest BCUT2D eigenvalue weighted by Crippen LogP contribution is -2.28. The largest absolute Gasteiger partial charge is 0.492 e. The van der Waals surface area contributed by atoms with Crippen LogP contribution >= 0.6 is 11.6 Å². The number of hydrogen-bond acceptors (Lipinski definition) is 3. The molecule has 0 radical (unpaired) electrons. The van der Waals surface area contributed by atoms with Crippen LogP contribution in [0.25, 0.3) is 0 Å². The zero-order chi connectivity index (χ0) is 11.4. The molecular formula is C12H13ClN2O. The van der Waals surface area contributed by atoms with Crippen molar-refractivity contribution in [1.29, 1.82) is 5.26 Å². The summed E-state index contributed by atoms with van der Waals surface area (Å²) in [7, 11) is 0. The maximum atomic E-state index is 8.73. The van der Waals surface area contributed by atoms with Gasteiger partial charge in [0.2, 0.25) is 0 Å². The van der Waals surface area contributed by atoms with Gasteiger partial charge < -0.3 is 10.1 Å². The molecule has 2 rings (SSSR count). The Balaban J connectivity index is 1.94. The van der Waals surface area contributed by atoms with Crippen molar-refractivity contribution in [3.05, 3.63) is 28.8 Å². The number of nitriles is 1. The van der Waals surface area contributed by atoms with Gasteiger partial charge in [0.05, 0.1) is 10.6 Å². The van der Waals surface area contributed by atoms with Crippen LogP contribution < -0.4 is 10.1 Å². The van der Waals surface area contributed by atoms with Crippen LogP contribution in [0, 0.1) is 11.3 Å². The Morgan fingerprint density at radius 3 is 3.06 bits per heavy atom. The van der Waals surface area contributed by atoms with Gasteiger partial charge in [-0.1, -0.05) is 11.6 Å². The van der Waals surface area contributed by atoms with Gasteiger partial charge in [-0.25, -0.2) is 0 Å². The molecule has 84 valence electrons. The fraction of sp³-hybridized carbons (Fsp3) is 0.417. The summed E-state index contributed by atoms with van der Waals surface area (Å²) in [4.78, 5) is 0. The van der Waals surface area contributed by atoms with E-state index in [-0.39, 0.29) is 0 Å². The van der Waals surface area contributed by atoms with Crippen LogP contribution in [0.4, 0.5) is 0 Å². The Bertz CT molecular complexity index is 408. The minimum Gasteiger partial charge on any atom is -0.492 e. The molecular weight excluding hydrogens is 224 g/mol. The molecule has 4 heteroatoms. The van der Waals surface area contributed by atoms with Crippen molar-refractivity contribution >= 4 is 11.6 Å². The van der Waals surface area contributed by atoms with Crippen LogP contribution in [-0.4, -0.2) is 19.2 Å². The van der Waals surface area contributed by atoms with E-state index in [2.05, 4.69) is 5.32 Å². The molecule has 1 atom stereocenters. The quantitative estimate of drug-likeness (QED) is 0.876. The number of halogens is 1. The second kappa shape index (κ2) is 5.20. The van der Waals surface area contributed by atoms with E-state index in [1.165, 1.54) is 6.42 Å². The Morgan fingerprint density at radius 2 is 2.44 bits per heavy atom. The van der Waals surface area contributed by atoms with Crippen LogP contribution in [-0.2, 0) is 0 Å². The number of benzene rings is 1. The average molecular weight is 237 g/mol. The highest BCUT2D eigenvalue weighted by Gasteiger charge is 2.14. The van der Waals surface area contributed by atoms with Gasteiger partial charge in [-0.3, -0.25) is 0 Å². The first-order chi connectivity index (χ1) is 7.79. The zero-order valence-corrected chi connectivity index (χ0v) is 9.63. The summed E-state index contributed by atoms with van der Waals surface area (Å²) in [5, 5.41) is 12.5. The molecule has 1 saturated heterocycles. The number of hydrogen-bond donors (Lipinski definition) is 1. The number of nitrogens with one attached hydrogen (secondary N) is 1. The lowest BCUT2D eigenvalue weighted by Gasteiger charge is -2.12. The molecule has 1 fully saturated rings. The van der Waals surface area contributed by atoms with Gasteiger partial charge in [0.25, 0.3) is 0 Å². The molecule has 0 amide bonds. The highest BCUT2D eigenvalue weighted by Crippen LogP contribution is 2.22. The molecule has 1 aliphatic rings. The maximum absolute atomic E-state index is 8.73. The van der Waals surface area contributed by atoms with Crippen LogP contribution in [0.1, 0.15) is 18.4 Å². The lowest BCUT2D eigenvalue weighted by molar-refractivity contribution is 0.277. The minimum atomic E-state index is 0.439. The lowest BCUT2D eigenvalue weighted by atomic mass is 10.2. The molecule has 1 heterocycles. The van der Waals surface area contributed by atoms with Crippen molar-refractivity contribution in [3.63, 3.8) is 0 Å². The van der Waals surface area contributed by atoms with Crippen LogP contribution in [0.15, 0.2) is 18.2 Å². The van der Waals surface area contributed by atoms with Crippen molar-refractivity contribution in [1.82, 2.24) is 5.32 Å². The molecule has 1 unspecified atom stereocenters. The fourth-order valence-corrected chi connectivity index (χ4v) is 1.98. The van der Waals surface area contributed by atoms with E-state index in [0.717, 1.165) is 18.7 Å². The van der Waals surface area contributed by atoms with E-state index >= 15 is 0 Å². The standard InChI is InChI=1S/C12H13ClN2O/c13-12-6-11(4-3-9(12)7-14)16-8-10-2-1-5-15-10/h3-4,6,10,15H,1-2,5,8H2. The first-order valence-corrected chi connectivity index (χ1v) is 5.73. The fourth-order valence-electron chi connectivity index (χ4n) is 1.77. The van der Waals surface area contributed by atoms with E-state index in [1.807, 2.05) is 6.07 Å². The third-order valence-corrected chi connectivity index (χ3v) is 2.99. The molecule has 0 saturated carbocycles. The van der Waals surface area contributed by atoms with Crippen LogP contribution in [0.2, 0.25) is 5.02 Å². The Kier molecular flexibility index (Phi) is 3.66. The summed E-state index contributed by atoms with van der Waals surface area (Å²) in [6.07, 6.45) is 2.37. The smallest absolute Gasteiger partial charge is 0.120 e. The second-order valence-electron chi connectivity index (χ2n) is 3.86. The summed E-state index contributed by atoms with van der Waals surface area (Å²) in [6, 6.07) is 7.61. The minimum absolute atomic E-state index is 0.439. The topological polar surface area (TPSA) is 45.0 Å². The predicted molar refractivity (Wildman–Crippen MR) is 62.7 cm³/mol. The van der Waals surface area contributed by atoms with Crippen LogP contribution in [0.3, 0.4) is 0 Å². The molecule has 1 N–H and O–H groups in total. The first kappa shape index (κ1) is 11.3. The molecule has 0 bridgehead atoms. The Hall–Kier alpha value is -1.24. The molecule has 1 aromatic carbocycles. The van der Waals surface area contributed by atoms with E-state index < -0.39 is 0 Å². The number of nitrogens with zero attached hydrogens (tertiary/aromatic N) is 1. The molecule has 1 aliphatic heterocycles. The molecule has 16 heavy (non-hydrogen) atoms. The van der Waals surface area contributed by atoms with Gasteiger partial charge in [0.1, 0.15) is 18.4 Å². The predicted octanol–water partition coefficient (Wildman–Crippen LogP) is 2.34. The molecule has 0 aliphatic carbocycles. The monoisotopic (exact) mass is 236 g/mol. The third-order valence-electron chi connectivity index (χ3n) is 2.67. The summed E-state index contributed by atoms with van der Waals surface area (Å²) in [6.45, 7) is 1.73. The van der Waals surface area contributed by atoms with Crippen molar-refractivity contribution in [2.24, 2.45) is 0 Å². The number of rotatable bonds is 3. The van der Waals surface area contributed by atoms with Crippen molar-refractivity contribution in [2.45, 2.75) is 18.9 Å². The second-order valence-corrected chi connectivity index (χ2v) is 4.26. The van der Waals surface area contributed by atoms with Crippen LogP contribution in [0.5, 0.6) is 5.75 Å². The van der Waals surface area contributed by atoms with Crippen molar-refractivity contribution in [2.75, 3.05) is 13.2 Å². The highest BCUT2D eigenvalue weighted by atomic mass is 35.5. The van der Waals surface area contributed by atoms with E-state index in [4.69, 9.17) is 21.6 Å². The summed E-state index contributed by atoms with van der Waals surface area (Å²) >= 11 is 5.91. The van der Waals surface area contributed by atoms with Crippen molar-refractivity contribution < 1.29 is 4.74 Å². The zero-order valence-electron chi connectivity index (χ0n) is 8.87. The molecule has 0 spiro atoms. The highest BCUT2D eigenvalue weighted by molar-refractivity contribution is 6.31. The molecule has 0 aromatic heterocycles. The van der Waals surface area contributed by atoms with E-state index in [0.29, 0.717) is 23.2 Å². The van der Waals surface area contributed by atoms with E-state index in [9.17, 15) is 0 Å². The summed E-state index contributed by atoms with van der Waals surface area (Å²) in [5.74, 6) is 0.720. The van der Waals surface area contributed by atoms with Gasteiger partial charge >= 0.3 is 0 Å². The summed E-state index contributed by atoms with van der Waals surface area (Å²) < 4.78 is 5.61.